The third-order valence-corrected chi connectivity index (χ3v) is 7.80. The van der Waals surface area contributed by atoms with Crippen LogP contribution in [0.3, 0.4) is 0 Å². The zero-order valence-corrected chi connectivity index (χ0v) is 23.1. The molecule has 1 aliphatic rings. The molecule has 0 unspecified atom stereocenters. The molecule has 7 nitrogen and oxygen atoms in total. The Hall–Kier alpha value is -3.36. The van der Waals surface area contributed by atoms with Gasteiger partial charge in [0.2, 0.25) is 5.91 Å². The molecule has 4 rings (SSSR count). The Morgan fingerprint density at radius 2 is 1.59 bits per heavy atom. The van der Waals surface area contributed by atoms with E-state index >= 15 is 0 Å². The molecule has 1 aliphatic heterocycles. The molecular formula is C28H29ClN2O5S. The van der Waals surface area contributed by atoms with Crippen LogP contribution in [0.4, 0.5) is 5.69 Å². The number of nitrogens with zero attached hydrogens (tertiary/aromatic N) is 1. The van der Waals surface area contributed by atoms with Crippen LogP contribution in [0.1, 0.15) is 39.0 Å². The predicted octanol–water partition coefficient (Wildman–Crippen LogP) is 5.95. The van der Waals surface area contributed by atoms with Crippen molar-refractivity contribution >= 4 is 40.9 Å². The minimum Gasteiger partial charge on any atom is -0.495 e. The number of hydrogen-bond acceptors (Lipinski definition) is 6. The van der Waals surface area contributed by atoms with E-state index in [0.29, 0.717) is 39.1 Å². The van der Waals surface area contributed by atoms with Gasteiger partial charge in [-0.15, -0.1) is 11.8 Å². The van der Waals surface area contributed by atoms with Crippen molar-refractivity contribution in [2.75, 3.05) is 39.9 Å². The van der Waals surface area contributed by atoms with Gasteiger partial charge in [0.1, 0.15) is 5.75 Å². The Morgan fingerprint density at radius 1 is 0.973 bits per heavy atom. The van der Waals surface area contributed by atoms with E-state index in [1.807, 2.05) is 37.4 Å². The number of amides is 2. The minimum absolute atomic E-state index is 0.209. The largest absolute Gasteiger partial charge is 0.495 e. The summed E-state index contributed by atoms with van der Waals surface area (Å²) in [5.41, 5.74) is 3.07. The summed E-state index contributed by atoms with van der Waals surface area (Å²) in [7, 11) is 6.27. The molecule has 0 fully saturated rings. The van der Waals surface area contributed by atoms with Crippen LogP contribution in [-0.2, 0) is 4.79 Å². The number of ether oxygens (including phenoxy) is 3. The second-order valence-corrected chi connectivity index (χ2v) is 9.98. The maximum Gasteiger partial charge on any atom is 0.254 e. The number of hydrogen-bond donors (Lipinski definition) is 1. The number of carbonyl (C=O) groups is 2. The highest BCUT2D eigenvalue weighted by molar-refractivity contribution is 7.98. The molecule has 0 spiro atoms. The zero-order valence-electron chi connectivity index (χ0n) is 21.5. The summed E-state index contributed by atoms with van der Waals surface area (Å²) in [4.78, 5) is 30.3. The topological polar surface area (TPSA) is 77.1 Å². The Bertz CT molecular complexity index is 1350. The van der Waals surface area contributed by atoms with Gasteiger partial charge in [0.05, 0.1) is 39.0 Å². The fourth-order valence-corrected chi connectivity index (χ4v) is 5.25. The molecule has 0 aliphatic carbocycles. The van der Waals surface area contributed by atoms with Crippen molar-refractivity contribution in [3.05, 3.63) is 75.8 Å². The van der Waals surface area contributed by atoms with E-state index in [1.54, 1.807) is 48.0 Å². The lowest BCUT2D eigenvalue weighted by atomic mass is 9.79. The summed E-state index contributed by atoms with van der Waals surface area (Å²) in [6.07, 6.45) is 2.00. The van der Waals surface area contributed by atoms with Gasteiger partial charge in [-0.2, -0.15) is 0 Å². The molecule has 0 aromatic heterocycles. The lowest BCUT2D eigenvalue weighted by Crippen LogP contribution is -2.44. The van der Waals surface area contributed by atoms with Crippen LogP contribution < -0.4 is 19.5 Å². The normalized spacial score (nSPS) is 16.7. The average Bonchev–Trinajstić information content (AvgIpc) is 2.91. The number of halogens is 1. The van der Waals surface area contributed by atoms with E-state index in [0.717, 1.165) is 16.0 Å². The first-order valence-corrected chi connectivity index (χ1v) is 13.2. The van der Waals surface area contributed by atoms with E-state index in [2.05, 4.69) is 5.32 Å². The van der Waals surface area contributed by atoms with Crippen molar-refractivity contribution in [3.8, 4) is 17.2 Å². The third-order valence-electron chi connectivity index (χ3n) is 6.65. The highest BCUT2D eigenvalue weighted by Crippen LogP contribution is 2.46. The molecule has 1 heterocycles. The van der Waals surface area contributed by atoms with Crippen LogP contribution in [0.2, 0.25) is 5.02 Å². The van der Waals surface area contributed by atoms with E-state index in [-0.39, 0.29) is 11.8 Å². The Kier molecular flexibility index (Phi) is 7.90. The molecule has 3 aromatic rings. The molecule has 3 aromatic carbocycles. The SMILES string of the molecule is COc1cc(Cl)c(C)cc1NC(=O)[C@H]1c2cc(OC)c(OC)cc2C(=O)N(C)[C@@H]1c1ccc(SC)cc1. The first-order chi connectivity index (χ1) is 17.7. The van der Waals surface area contributed by atoms with Crippen LogP contribution in [-0.4, -0.2) is 51.3 Å². The van der Waals surface area contributed by atoms with Crippen molar-refractivity contribution < 1.29 is 23.8 Å². The third kappa shape index (κ3) is 4.95. The number of carbonyl (C=O) groups excluding carboxylic acids is 2. The van der Waals surface area contributed by atoms with Gasteiger partial charge >= 0.3 is 0 Å². The first kappa shape index (κ1) is 26.7. The van der Waals surface area contributed by atoms with Crippen LogP contribution in [0.15, 0.2) is 53.4 Å². The average molecular weight is 541 g/mol. The molecule has 0 bridgehead atoms. The van der Waals surface area contributed by atoms with Gasteiger partial charge in [0, 0.05) is 28.6 Å². The van der Waals surface area contributed by atoms with Crippen molar-refractivity contribution in [1.29, 1.82) is 0 Å². The lowest BCUT2D eigenvalue weighted by molar-refractivity contribution is -0.119. The van der Waals surface area contributed by atoms with E-state index in [9.17, 15) is 9.59 Å². The quantitative estimate of drug-likeness (QED) is 0.373. The molecule has 0 radical (unpaired) electrons. The number of fused-ring (bicyclic) bond motifs is 1. The van der Waals surface area contributed by atoms with Crippen molar-refractivity contribution in [3.63, 3.8) is 0 Å². The number of aryl methyl sites for hydroxylation is 1. The monoisotopic (exact) mass is 540 g/mol. The van der Waals surface area contributed by atoms with Gasteiger partial charge in [-0.05, 0) is 60.2 Å². The van der Waals surface area contributed by atoms with Gasteiger partial charge < -0.3 is 24.4 Å². The van der Waals surface area contributed by atoms with Gasteiger partial charge in [-0.3, -0.25) is 9.59 Å². The minimum atomic E-state index is -0.752. The highest BCUT2D eigenvalue weighted by atomic mass is 35.5. The van der Waals surface area contributed by atoms with E-state index in [4.69, 9.17) is 25.8 Å². The van der Waals surface area contributed by atoms with Gasteiger partial charge in [0.15, 0.2) is 11.5 Å². The van der Waals surface area contributed by atoms with Crippen LogP contribution >= 0.6 is 23.4 Å². The van der Waals surface area contributed by atoms with Crippen LogP contribution in [0.25, 0.3) is 0 Å². The standard InChI is InChI=1S/C28H29ClN2O5S/c1-15-11-21(22(34-3)14-20(15)29)30-27(32)25-18-12-23(35-4)24(36-5)13-19(18)28(33)31(2)26(25)16-7-9-17(37-6)10-8-16/h7-14,25-26H,1-6H3,(H,30,32)/t25-,26+/m0/s1. The maximum absolute atomic E-state index is 14.1. The number of rotatable bonds is 7. The molecule has 9 heteroatoms. The highest BCUT2D eigenvalue weighted by Gasteiger charge is 2.43. The summed E-state index contributed by atoms with van der Waals surface area (Å²) in [5, 5.41) is 3.56. The Morgan fingerprint density at radius 3 is 2.19 bits per heavy atom. The summed E-state index contributed by atoms with van der Waals surface area (Å²) >= 11 is 7.90. The number of anilines is 1. The molecule has 2 atom stereocenters. The first-order valence-electron chi connectivity index (χ1n) is 11.6. The summed E-state index contributed by atoms with van der Waals surface area (Å²) in [6, 6.07) is 14.1. The summed E-state index contributed by atoms with van der Waals surface area (Å²) in [5.74, 6) is 0.0364. The number of benzene rings is 3. The molecule has 194 valence electrons. The van der Waals surface area contributed by atoms with Crippen LogP contribution in [0.5, 0.6) is 17.2 Å². The van der Waals surface area contributed by atoms with Gasteiger partial charge in [-0.25, -0.2) is 0 Å². The number of nitrogens with one attached hydrogen (secondary N) is 1. The maximum atomic E-state index is 14.1. The molecular weight excluding hydrogens is 512 g/mol. The fraction of sp³-hybridized carbons (Fsp3) is 0.286. The van der Waals surface area contributed by atoms with Gasteiger partial charge in [-0.1, -0.05) is 23.7 Å². The smallest absolute Gasteiger partial charge is 0.254 e. The van der Waals surface area contributed by atoms with Crippen molar-refractivity contribution in [1.82, 2.24) is 4.90 Å². The molecule has 37 heavy (non-hydrogen) atoms. The van der Waals surface area contributed by atoms with E-state index < -0.39 is 12.0 Å². The summed E-state index contributed by atoms with van der Waals surface area (Å²) in [6.45, 7) is 1.85. The Labute approximate surface area is 226 Å². The molecule has 0 saturated heterocycles. The second-order valence-electron chi connectivity index (χ2n) is 8.70. The lowest BCUT2D eigenvalue weighted by Gasteiger charge is -2.40. The predicted molar refractivity (Wildman–Crippen MR) is 147 cm³/mol. The number of methoxy groups -OCH3 is 3. The van der Waals surface area contributed by atoms with E-state index in [1.165, 1.54) is 21.3 Å². The van der Waals surface area contributed by atoms with Crippen molar-refractivity contribution in [2.45, 2.75) is 23.8 Å². The number of thioether (sulfide) groups is 1. The van der Waals surface area contributed by atoms with Crippen molar-refractivity contribution in [2.24, 2.45) is 0 Å². The van der Waals surface area contributed by atoms with Crippen LogP contribution in [0, 0.1) is 6.92 Å². The van der Waals surface area contributed by atoms with Gasteiger partial charge in [0.25, 0.3) is 5.91 Å². The second kappa shape index (κ2) is 10.9. The number of likely N-dealkylation sites (N-methyl/N-ethyl adjacent to an activating group) is 1. The molecule has 1 N–H and O–H groups in total. The zero-order chi connectivity index (χ0) is 26.9. The Balaban J connectivity index is 1.89. The fourth-order valence-electron chi connectivity index (χ4n) is 4.69. The summed E-state index contributed by atoms with van der Waals surface area (Å²) < 4.78 is 16.4. The molecule has 0 saturated carbocycles. The molecule has 2 amide bonds.